The van der Waals surface area contributed by atoms with Gasteiger partial charge in [-0.15, -0.1) is 0 Å². The lowest BCUT2D eigenvalue weighted by atomic mass is 10.1. The summed E-state index contributed by atoms with van der Waals surface area (Å²) in [5, 5.41) is 1.17. The van der Waals surface area contributed by atoms with Crippen LogP contribution in [0.3, 0.4) is 0 Å². The number of rotatable bonds is 6. The number of anilines is 1. The Morgan fingerprint density at radius 1 is 1.00 bits per heavy atom. The summed E-state index contributed by atoms with van der Waals surface area (Å²) in [7, 11) is 0. The molecule has 2 amide bonds. The van der Waals surface area contributed by atoms with Crippen LogP contribution in [0.4, 0.5) is 10.1 Å². The van der Waals surface area contributed by atoms with Gasteiger partial charge in [0.15, 0.2) is 11.5 Å². The average Bonchev–Trinajstić information content (AvgIpc) is 3.10. The topological polar surface area (TPSA) is 84.9 Å². The second-order valence-electron chi connectivity index (χ2n) is 6.98. The van der Waals surface area contributed by atoms with Crippen LogP contribution < -0.4 is 19.9 Å². The molecule has 1 N–H and O–H groups in total. The molecule has 0 radical (unpaired) electrons. The number of amides is 2. The number of hydrogen-bond acceptors (Lipinski definition) is 5. The number of benzene rings is 3. The van der Waals surface area contributed by atoms with Crippen molar-refractivity contribution >= 4 is 29.5 Å². The molecule has 1 aliphatic rings. The van der Waals surface area contributed by atoms with Gasteiger partial charge in [-0.2, -0.15) is 0 Å². The summed E-state index contributed by atoms with van der Waals surface area (Å²) in [6.45, 7) is 2.02. The van der Waals surface area contributed by atoms with E-state index in [0.717, 1.165) is 6.07 Å². The number of halogens is 1. The third-order valence-corrected chi connectivity index (χ3v) is 4.78. The molecule has 0 bridgehead atoms. The van der Waals surface area contributed by atoms with Gasteiger partial charge in [-0.3, -0.25) is 15.0 Å². The van der Waals surface area contributed by atoms with Gasteiger partial charge in [-0.1, -0.05) is 36.4 Å². The molecule has 3 aromatic rings. The monoisotopic (exact) mass is 446 g/mol. The van der Waals surface area contributed by atoms with E-state index in [1.807, 2.05) is 0 Å². The fourth-order valence-corrected chi connectivity index (χ4v) is 3.23. The highest BCUT2D eigenvalue weighted by Crippen LogP contribution is 2.31. The van der Waals surface area contributed by atoms with Gasteiger partial charge in [-0.05, 0) is 55.0 Å². The fraction of sp³-hybridized carbons (Fsp3) is 0.0800. The van der Waals surface area contributed by atoms with Crippen molar-refractivity contribution in [1.82, 2.24) is 5.43 Å². The number of nitrogens with one attached hydrogen (secondary N) is 1. The summed E-state index contributed by atoms with van der Waals surface area (Å²) in [6, 6.07) is 18.8. The first-order valence-corrected chi connectivity index (χ1v) is 10.1. The first-order chi connectivity index (χ1) is 16.0. The van der Waals surface area contributed by atoms with Gasteiger partial charge in [0.25, 0.3) is 11.8 Å². The predicted octanol–water partition coefficient (Wildman–Crippen LogP) is 3.91. The maximum atomic E-state index is 13.9. The van der Waals surface area contributed by atoms with Crippen molar-refractivity contribution in [3.05, 3.63) is 95.3 Å². The molecular weight excluding hydrogens is 427 g/mol. The van der Waals surface area contributed by atoms with Gasteiger partial charge < -0.3 is 9.47 Å². The third-order valence-electron chi connectivity index (χ3n) is 4.78. The highest BCUT2D eigenvalue weighted by molar-refractivity contribution is 6.31. The van der Waals surface area contributed by atoms with Crippen molar-refractivity contribution in [2.75, 3.05) is 11.6 Å². The standard InChI is InChI=1S/C25H19FN2O5/c1-2-32-22-15-16(12-13-21(22)33-25(31)18-10-6-7-11-20(18)26)14-19-23(29)27-28(24(19)30)17-8-4-3-5-9-17/h3-15H,2H2,1H3,(H,27,29). The van der Waals surface area contributed by atoms with Crippen molar-refractivity contribution in [3.63, 3.8) is 0 Å². The molecule has 0 spiro atoms. The Bertz CT molecular complexity index is 1260. The van der Waals surface area contributed by atoms with E-state index in [1.54, 1.807) is 43.3 Å². The smallest absolute Gasteiger partial charge is 0.346 e. The highest BCUT2D eigenvalue weighted by Gasteiger charge is 2.34. The lowest BCUT2D eigenvalue weighted by Crippen LogP contribution is -2.35. The van der Waals surface area contributed by atoms with Gasteiger partial charge >= 0.3 is 5.97 Å². The van der Waals surface area contributed by atoms with E-state index in [9.17, 15) is 18.8 Å². The lowest BCUT2D eigenvalue weighted by Gasteiger charge is -2.14. The summed E-state index contributed by atoms with van der Waals surface area (Å²) < 4.78 is 24.8. The number of para-hydroxylation sites is 1. The van der Waals surface area contributed by atoms with Gasteiger partial charge in [-0.25, -0.2) is 14.2 Å². The molecule has 7 nitrogen and oxygen atoms in total. The van der Waals surface area contributed by atoms with E-state index in [1.165, 1.54) is 41.4 Å². The summed E-state index contributed by atoms with van der Waals surface area (Å²) in [4.78, 5) is 37.6. The van der Waals surface area contributed by atoms with Crippen LogP contribution in [0.2, 0.25) is 0 Å². The Morgan fingerprint density at radius 3 is 2.45 bits per heavy atom. The number of nitrogens with zero attached hydrogens (tertiary/aromatic N) is 1. The molecule has 1 heterocycles. The minimum Gasteiger partial charge on any atom is -0.490 e. The van der Waals surface area contributed by atoms with Crippen LogP contribution in [0.15, 0.2) is 78.4 Å². The van der Waals surface area contributed by atoms with Crippen LogP contribution in [-0.2, 0) is 9.59 Å². The van der Waals surface area contributed by atoms with Crippen LogP contribution >= 0.6 is 0 Å². The Hall–Kier alpha value is -4.46. The zero-order valence-corrected chi connectivity index (χ0v) is 17.6. The van der Waals surface area contributed by atoms with Crippen LogP contribution in [0.5, 0.6) is 11.5 Å². The molecule has 0 unspecified atom stereocenters. The Balaban J connectivity index is 1.60. The van der Waals surface area contributed by atoms with Gasteiger partial charge in [0, 0.05) is 0 Å². The summed E-state index contributed by atoms with van der Waals surface area (Å²) in [6.07, 6.45) is 1.42. The molecule has 0 atom stereocenters. The van der Waals surface area contributed by atoms with E-state index in [-0.39, 0.29) is 29.2 Å². The number of esters is 1. The average molecular weight is 446 g/mol. The third kappa shape index (κ3) is 4.59. The predicted molar refractivity (Wildman–Crippen MR) is 119 cm³/mol. The van der Waals surface area contributed by atoms with Crippen molar-refractivity contribution < 1.29 is 28.2 Å². The fourth-order valence-electron chi connectivity index (χ4n) is 3.23. The molecule has 166 valence electrons. The lowest BCUT2D eigenvalue weighted by molar-refractivity contribution is -0.117. The minimum atomic E-state index is -0.871. The van der Waals surface area contributed by atoms with E-state index in [0.29, 0.717) is 11.3 Å². The number of hydrazine groups is 1. The Labute approximate surface area is 189 Å². The molecule has 1 fully saturated rings. The number of carbonyl (C=O) groups is 3. The first-order valence-electron chi connectivity index (χ1n) is 10.1. The molecule has 1 aliphatic heterocycles. The molecule has 8 heteroatoms. The maximum absolute atomic E-state index is 13.9. The van der Waals surface area contributed by atoms with Crippen LogP contribution in [0, 0.1) is 5.82 Å². The molecule has 0 saturated carbocycles. The van der Waals surface area contributed by atoms with Crippen LogP contribution in [0.25, 0.3) is 6.08 Å². The number of ether oxygens (including phenoxy) is 2. The zero-order chi connectivity index (χ0) is 23.4. The Kier molecular flexibility index (Phi) is 6.17. The van der Waals surface area contributed by atoms with Crippen LogP contribution in [0.1, 0.15) is 22.8 Å². The quantitative estimate of drug-likeness (QED) is 0.269. The molecule has 1 saturated heterocycles. The summed E-state index contributed by atoms with van der Waals surface area (Å²) in [5.74, 6) is -2.32. The van der Waals surface area contributed by atoms with Crippen molar-refractivity contribution in [2.45, 2.75) is 6.92 Å². The largest absolute Gasteiger partial charge is 0.490 e. The van der Waals surface area contributed by atoms with Gasteiger partial charge in [0.05, 0.1) is 17.9 Å². The first kappa shape index (κ1) is 21.8. The van der Waals surface area contributed by atoms with E-state index in [2.05, 4.69) is 5.43 Å². The van der Waals surface area contributed by atoms with E-state index >= 15 is 0 Å². The van der Waals surface area contributed by atoms with Gasteiger partial charge in [0.2, 0.25) is 0 Å². The zero-order valence-electron chi connectivity index (χ0n) is 17.6. The highest BCUT2D eigenvalue weighted by atomic mass is 19.1. The molecule has 0 aliphatic carbocycles. The molecule has 33 heavy (non-hydrogen) atoms. The SMILES string of the molecule is CCOc1cc(C=C2C(=O)NN(c3ccccc3)C2=O)ccc1OC(=O)c1ccccc1F. The second-order valence-corrected chi connectivity index (χ2v) is 6.98. The molecule has 4 rings (SSSR count). The summed E-state index contributed by atoms with van der Waals surface area (Å²) >= 11 is 0. The molecule has 0 aromatic heterocycles. The maximum Gasteiger partial charge on any atom is 0.346 e. The van der Waals surface area contributed by atoms with E-state index in [4.69, 9.17) is 9.47 Å². The van der Waals surface area contributed by atoms with Crippen LogP contribution in [-0.4, -0.2) is 24.4 Å². The van der Waals surface area contributed by atoms with Gasteiger partial charge in [0.1, 0.15) is 11.4 Å². The van der Waals surface area contributed by atoms with Crippen molar-refractivity contribution in [3.8, 4) is 11.5 Å². The number of hydrogen-bond donors (Lipinski definition) is 1. The Morgan fingerprint density at radius 2 is 1.73 bits per heavy atom. The molecular formula is C25H19FN2O5. The normalized spacial score (nSPS) is 14.4. The van der Waals surface area contributed by atoms with E-state index < -0.39 is 23.6 Å². The second kappa shape index (κ2) is 9.35. The van der Waals surface area contributed by atoms with Crippen molar-refractivity contribution in [2.24, 2.45) is 0 Å². The number of carbonyl (C=O) groups excluding carboxylic acids is 3. The van der Waals surface area contributed by atoms with Crippen molar-refractivity contribution in [1.29, 1.82) is 0 Å². The summed E-state index contributed by atoms with van der Waals surface area (Å²) in [5.41, 5.74) is 3.28. The minimum absolute atomic E-state index is 0.0580. The molecule has 3 aromatic carbocycles.